The monoisotopic (exact) mass is 290 g/mol. The van der Waals surface area contributed by atoms with Crippen molar-refractivity contribution in [2.75, 3.05) is 6.61 Å². The van der Waals surface area contributed by atoms with Crippen LogP contribution in [0.3, 0.4) is 0 Å². The average Bonchev–Trinajstić information content (AvgIpc) is 2.40. The van der Waals surface area contributed by atoms with Crippen molar-refractivity contribution in [3.05, 3.63) is 0 Å². The first-order valence-electron chi connectivity index (χ1n) is 7.20. The smallest absolute Gasteiger partial charge is 0.347 e. The number of rotatable bonds is 8. The fraction of sp³-hybridized carbons (Fsp3) is 0.867. The summed E-state index contributed by atoms with van der Waals surface area (Å²) in [6, 6.07) is 0. The van der Waals surface area contributed by atoms with Crippen LogP contribution in [0.15, 0.2) is 0 Å². The third-order valence-corrected chi connectivity index (χ3v) is 3.50. The maximum Gasteiger partial charge on any atom is 0.347 e. The minimum atomic E-state index is -2.33. The first-order chi connectivity index (χ1) is 9.13. The minimum Gasteiger partial charge on any atom is -0.463 e. The van der Waals surface area contributed by atoms with Crippen LogP contribution < -0.4 is 0 Å². The summed E-state index contributed by atoms with van der Waals surface area (Å²) in [5.41, 5.74) is -3.03. The molecule has 0 aromatic carbocycles. The van der Waals surface area contributed by atoms with Gasteiger partial charge in [-0.05, 0) is 40.0 Å². The van der Waals surface area contributed by atoms with Crippen molar-refractivity contribution >= 4 is 11.9 Å². The summed E-state index contributed by atoms with van der Waals surface area (Å²) in [4.78, 5) is 23.7. The summed E-state index contributed by atoms with van der Waals surface area (Å²) in [5.74, 6) is -1.48. The van der Waals surface area contributed by atoms with Gasteiger partial charge in [-0.15, -0.1) is 0 Å². The number of halogens is 1. The number of hydrogen-bond acceptors (Lipinski definition) is 4. The molecule has 0 aliphatic carbocycles. The van der Waals surface area contributed by atoms with E-state index in [2.05, 4.69) is 0 Å². The standard InChI is InChI=1S/C15H27FO4/c1-7-10-19-13(18)15(6,16)11(8-2)20-12(17)14(4,5)9-3/h11H,7-10H2,1-6H3. The van der Waals surface area contributed by atoms with Crippen LogP contribution in [-0.2, 0) is 19.1 Å². The molecule has 0 saturated heterocycles. The molecule has 0 aromatic rings. The first kappa shape index (κ1) is 18.9. The molecule has 0 aromatic heterocycles. The summed E-state index contributed by atoms with van der Waals surface area (Å²) in [6.45, 7) is 10.1. The van der Waals surface area contributed by atoms with Crippen LogP contribution >= 0.6 is 0 Å². The maximum atomic E-state index is 14.6. The summed E-state index contributed by atoms with van der Waals surface area (Å²) in [6.07, 6.45) is 0.261. The molecule has 0 N–H and O–H groups in total. The van der Waals surface area contributed by atoms with Crippen LogP contribution in [0.25, 0.3) is 0 Å². The number of hydrogen-bond donors (Lipinski definition) is 0. The molecule has 0 aliphatic rings. The third kappa shape index (κ3) is 4.76. The number of carbonyl (C=O) groups excluding carboxylic acids is 2. The Morgan fingerprint density at radius 1 is 1.10 bits per heavy atom. The van der Waals surface area contributed by atoms with E-state index >= 15 is 0 Å². The molecule has 0 heterocycles. The zero-order valence-corrected chi connectivity index (χ0v) is 13.4. The highest BCUT2D eigenvalue weighted by Crippen LogP contribution is 2.28. The Balaban J connectivity index is 4.89. The summed E-state index contributed by atoms with van der Waals surface area (Å²) >= 11 is 0. The molecule has 118 valence electrons. The second kappa shape index (κ2) is 7.60. The molecule has 2 unspecified atom stereocenters. The molecule has 0 bridgehead atoms. The second-order valence-electron chi connectivity index (χ2n) is 5.75. The molecule has 20 heavy (non-hydrogen) atoms. The van der Waals surface area contributed by atoms with E-state index in [0.717, 1.165) is 6.92 Å². The Kier molecular flexibility index (Phi) is 7.17. The Bertz CT molecular complexity index is 337. The van der Waals surface area contributed by atoms with E-state index in [-0.39, 0.29) is 13.0 Å². The van der Waals surface area contributed by atoms with Crippen molar-refractivity contribution in [3.63, 3.8) is 0 Å². The van der Waals surface area contributed by atoms with E-state index in [1.165, 1.54) is 0 Å². The summed E-state index contributed by atoms with van der Waals surface area (Å²) < 4.78 is 24.6. The Hall–Kier alpha value is -1.13. The Labute approximate surface area is 121 Å². The van der Waals surface area contributed by atoms with Crippen molar-refractivity contribution in [1.82, 2.24) is 0 Å². The van der Waals surface area contributed by atoms with E-state index in [0.29, 0.717) is 12.8 Å². The predicted molar refractivity (Wildman–Crippen MR) is 75.0 cm³/mol. The first-order valence-corrected chi connectivity index (χ1v) is 7.20. The van der Waals surface area contributed by atoms with Gasteiger partial charge in [-0.3, -0.25) is 4.79 Å². The lowest BCUT2D eigenvalue weighted by molar-refractivity contribution is -0.180. The topological polar surface area (TPSA) is 52.6 Å². The lowest BCUT2D eigenvalue weighted by Gasteiger charge is -2.30. The highest BCUT2D eigenvalue weighted by molar-refractivity contribution is 5.81. The number of ether oxygens (including phenoxy) is 2. The van der Waals surface area contributed by atoms with Gasteiger partial charge in [0.15, 0.2) is 0 Å². The van der Waals surface area contributed by atoms with Crippen LogP contribution in [-0.4, -0.2) is 30.3 Å². The van der Waals surface area contributed by atoms with Crippen LogP contribution in [0.5, 0.6) is 0 Å². The number of alkyl halides is 1. The molecule has 2 atom stereocenters. The number of carbonyl (C=O) groups is 2. The highest BCUT2D eigenvalue weighted by atomic mass is 19.1. The fourth-order valence-electron chi connectivity index (χ4n) is 1.48. The average molecular weight is 290 g/mol. The minimum absolute atomic E-state index is 0.156. The Morgan fingerprint density at radius 2 is 1.65 bits per heavy atom. The van der Waals surface area contributed by atoms with Gasteiger partial charge in [-0.2, -0.15) is 0 Å². The SMILES string of the molecule is CCCOC(=O)C(C)(F)C(CC)OC(=O)C(C)(C)CC. The van der Waals surface area contributed by atoms with Gasteiger partial charge in [0.1, 0.15) is 6.10 Å². The number of esters is 2. The van der Waals surface area contributed by atoms with Gasteiger partial charge in [0.25, 0.3) is 0 Å². The van der Waals surface area contributed by atoms with Gasteiger partial charge < -0.3 is 9.47 Å². The van der Waals surface area contributed by atoms with Gasteiger partial charge in [0, 0.05) is 0 Å². The van der Waals surface area contributed by atoms with E-state index in [9.17, 15) is 14.0 Å². The molecule has 0 spiro atoms. The van der Waals surface area contributed by atoms with Crippen molar-refractivity contribution in [2.24, 2.45) is 5.41 Å². The van der Waals surface area contributed by atoms with Crippen molar-refractivity contribution in [2.45, 2.75) is 72.6 Å². The van der Waals surface area contributed by atoms with E-state index in [1.807, 2.05) is 13.8 Å². The van der Waals surface area contributed by atoms with Gasteiger partial charge >= 0.3 is 11.9 Å². The van der Waals surface area contributed by atoms with Crippen molar-refractivity contribution in [3.8, 4) is 0 Å². The van der Waals surface area contributed by atoms with Crippen molar-refractivity contribution in [1.29, 1.82) is 0 Å². The molecule has 0 aliphatic heterocycles. The van der Waals surface area contributed by atoms with Crippen LogP contribution in [0.4, 0.5) is 4.39 Å². The van der Waals surface area contributed by atoms with Crippen LogP contribution in [0, 0.1) is 5.41 Å². The zero-order chi connectivity index (χ0) is 16.0. The summed E-state index contributed by atoms with van der Waals surface area (Å²) in [7, 11) is 0. The van der Waals surface area contributed by atoms with E-state index < -0.39 is 29.1 Å². The third-order valence-electron chi connectivity index (χ3n) is 3.50. The molecule has 0 saturated carbocycles. The molecule has 4 nitrogen and oxygen atoms in total. The van der Waals surface area contributed by atoms with Gasteiger partial charge in [-0.1, -0.05) is 20.8 Å². The summed E-state index contributed by atoms with van der Waals surface area (Å²) in [5, 5.41) is 0. The molecule has 0 amide bonds. The van der Waals surface area contributed by atoms with Gasteiger partial charge in [0.2, 0.25) is 5.67 Å². The van der Waals surface area contributed by atoms with Gasteiger partial charge in [0.05, 0.1) is 12.0 Å². The van der Waals surface area contributed by atoms with Crippen molar-refractivity contribution < 1.29 is 23.5 Å². The molecular weight excluding hydrogens is 263 g/mol. The predicted octanol–water partition coefficient (Wildman–Crippen LogP) is 3.43. The fourth-order valence-corrected chi connectivity index (χ4v) is 1.48. The Morgan fingerprint density at radius 3 is 2.05 bits per heavy atom. The second-order valence-corrected chi connectivity index (χ2v) is 5.75. The molecule has 5 heteroatoms. The molecule has 0 rings (SSSR count). The molecular formula is C15H27FO4. The van der Waals surface area contributed by atoms with Crippen LogP contribution in [0.2, 0.25) is 0 Å². The van der Waals surface area contributed by atoms with Gasteiger partial charge in [-0.25, -0.2) is 9.18 Å². The highest BCUT2D eigenvalue weighted by Gasteiger charge is 2.46. The van der Waals surface area contributed by atoms with E-state index in [1.54, 1.807) is 20.8 Å². The lowest BCUT2D eigenvalue weighted by atomic mass is 9.90. The maximum absolute atomic E-state index is 14.6. The lowest BCUT2D eigenvalue weighted by Crippen LogP contribution is -2.47. The van der Waals surface area contributed by atoms with E-state index in [4.69, 9.17) is 9.47 Å². The quantitative estimate of drug-likeness (QED) is 0.643. The largest absolute Gasteiger partial charge is 0.463 e. The normalized spacial score (nSPS) is 16.1. The van der Waals surface area contributed by atoms with Crippen LogP contribution in [0.1, 0.15) is 60.8 Å². The molecule has 0 fully saturated rings. The molecule has 0 radical (unpaired) electrons. The zero-order valence-electron chi connectivity index (χ0n) is 13.4.